The molecule has 7 heteroatoms. The fourth-order valence-corrected chi connectivity index (χ4v) is 3.42. The molecule has 0 saturated carbocycles. The molecule has 1 heterocycles. The second kappa shape index (κ2) is 7.92. The minimum absolute atomic E-state index is 0.208. The van der Waals surface area contributed by atoms with Gasteiger partial charge in [-0.2, -0.15) is 0 Å². The average Bonchev–Trinajstić information content (AvgIpc) is 2.97. The third kappa shape index (κ3) is 4.74. The van der Waals surface area contributed by atoms with Gasteiger partial charge in [0, 0.05) is 37.7 Å². The Hall–Kier alpha value is -2.67. The second-order valence-electron chi connectivity index (χ2n) is 6.58. The van der Waals surface area contributed by atoms with E-state index in [0.29, 0.717) is 24.2 Å². The van der Waals surface area contributed by atoms with E-state index in [2.05, 4.69) is 0 Å². The summed E-state index contributed by atoms with van der Waals surface area (Å²) in [7, 11) is 0. The summed E-state index contributed by atoms with van der Waals surface area (Å²) in [5.41, 5.74) is 0.656. The fourth-order valence-electron chi connectivity index (χ4n) is 3.42. The van der Waals surface area contributed by atoms with E-state index in [1.54, 1.807) is 6.08 Å². The predicted octanol–water partition coefficient (Wildman–Crippen LogP) is 4.06. The van der Waals surface area contributed by atoms with E-state index >= 15 is 0 Å². The van der Waals surface area contributed by atoms with E-state index in [0.717, 1.165) is 24.3 Å². The van der Waals surface area contributed by atoms with E-state index in [4.69, 9.17) is 0 Å². The van der Waals surface area contributed by atoms with Gasteiger partial charge in [-0.05, 0) is 35.4 Å². The number of halogens is 4. The van der Waals surface area contributed by atoms with E-state index in [1.807, 2.05) is 4.90 Å². The van der Waals surface area contributed by atoms with Crippen molar-refractivity contribution < 1.29 is 27.5 Å². The maximum absolute atomic E-state index is 13.5. The lowest BCUT2D eigenvalue weighted by Crippen LogP contribution is -2.23. The Morgan fingerprint density at radius 2 is 1.52 bits per heavy atom. The molecule has 1 N–H and O–H groups in total. The van der Waals surface area contributed by atoms with Crippen LogP contribution in [0.3, 0.4) is 0 Å². The summed E-state index contributed by atoms with van der Waals surface area (Å²) in [6.45, 7) is 0.859. The van der Waals surface area contributed by atoms with Gasteiger partial charge in [-0.1, -0.05) is 12.2 Å². The Balaban J connectivity index is 1.72. The van der Waals surface area contributed by atoms with Crippen molar-refractivity contribution in [3.05, 3.63) is 76.9 Å². The lowest BCUT2D eigenvalue weighted by atomic mass is 9.89. The molecule has 1 aliphatic rings. The average molecular weight is 379 g/mol. The number of rotatable bonds is 5. The first-order valence-corrected chi connectivity index (χ1v) is 8.35. The minimum atomic E-state index is -1.04. The number of likely N-dealkylation sites (tertiary alicyclic amines) is 1. The van der Waals surface area contributed by atoms with Crippen molar-refractivity contribution in [1.29, 1.82) is 0 Å². The van der Waals surface area contributed by atoms with Crippen LogP contribution in [0.4, 0.5) is 17.6 Å². The Morgan fingerprint density at radius 1 is 0.963 bits per heavy atom. The zero-order valence-corrected chi connectivity index (χ0v) is 14.2. The molecule has 0 aromatic heterocycles. The SMILES string of the molecule is O=C(O)[C@@H]1CN(C/C=C/c2cc(F)cc(F)c2)C[C@H]1c1cc(F)cc(F)c1. The molecule has 0 amide bonds. The smallest absolute Gasteiger partial charge is 0.308 e. The summed E-state index contributed by atoms with van der Waals surface area (Å²) in [5.74, 6) is -5.26. The van der Waals surface area contributed by atoms with Gasteiger partial charge in [0.2, 0.25) is 0 Å². The predicted molar refractivity (Wildman–Crippen MR) is 92.1 cm³/mol. The molecule has 0 unspecified atom stereocenters. The van der Waals surface area contributed by atoms with Crippen LogP contribution in [-0.2, 0) is 4.79 Å². The van der Waals surface area contributed by atoms with E-state index in [-0.39, 0.29) is 6.54 Å². The number of carbonyl (C=O) groups is 1. The van der Waals surface area contributed by atoms with Gasteiger partial charge in [0.05, 0.1) is 5.92 Å². The number of carboxylic acids is 1. The molecule has 2 aromatic carbocycles. The summed E-state index contributed by atoms with van der Waals surface area (Å²) in [6, 6.07) is 6.19. The highest BCUT2D eigenvalue weighted by molar-refractivity contribution is 5.72. The van der Waals surface area contributed by atoms with Gasteiger partial charge in [0.1, 0.15) is 23.3 Å². The molecule has 27 heavy (non-hydrogen) atoms. The van der Waals surface area contributed by atoms with Gasteiger partial charge < -0.3 is 5.11 Å². The van der Waals surface area contributed by atoms with Gasteiger partial charge in [0.15, 0.2) is 0 Å². The Labute approximate surface area is 153 Å². The van der Waals surface area contributed by atoms with Crippen molar-refractivity contribution in [2.45, 2.75) is 5.92 Å². The first-order valence-electron chi connectivity index (χ1n) is 8.35. The third-order valence-electron chi connectivity index (χ3n) is 4.58. The molecule has 0 bridgehead atoms. The van der Waals surface area contributed by atoms with Crippen molar-refractivity contribution in [3.63, 3.8) is 0 Å². The van der Waals surface area contributed by atoms with Gasteiger partial charge in [-0.25, -0.2) is 17.6 Å². The maximum atomic E-state index is 13.5. The van der Waals surface area contributed by atoms with Crippen LogP contribution in [0.1, 0.15) is 17.0 Å². The van der Waals surface area contributed by atoms with E-state index in [9.17, 15) is 27.5 Å². The van der Waals surface area contributed by atoms with E-state index < -0.39 is 41.1 Å². The lowest BCUT2D eigenvalue weighted by molar-refractivity contribution is -0.141. The normalized spacial score (nSPS) is 20.4. The minimum Gasteiger partial charge on any atom is -0.481 e. The van der Waals surface area contributed by atoms with Crippen LogP contribution >= 0.6 is 0 Å². The molecule has 1 aliphatic heterocycles. The highest BCUT2D eigenvalue weighted by atomic mass is 19.1. The largest absolute Gasteiger partial charge is 0.481 e. The monoisotopic (exact) mass is 379 g/mol. The van der Waals surface area contributed by atoms with Gasteiger partial charge >= 0.3 is 5.97 Å². The van der Waals surface area contributed by atoms with Crippen LogP contribution in [0.5, 0.6) is 0 Å². The molecule has 142 valence electrons. The molecule has 3 rings (SSSR count). The summed E-state index contributed by atoms with van der Waals surface area (Å²) in [5, 5.41) is 9.45. The number of benzene rings is 2. The van der Waals surface area contributed by atoms with Crippen LogP contribution in [0.2, 0.25) is 0 Å². The lowest BCUT2D eigenvalue weighted by Gasteiger charge is -2.15. The van der Waals surface area contributed by atoms with E-state index in [1.165, 1.54) is 18.2 Å². The van der Waals surface area contributed by atoms with Crippen molar-refractivity contribution in [1.82, 2.24) is 4.90 Å². The first-order chi connectivity index (χ1) is 12.8. The summed E-state index contributed by atoms with van der Waals surface area (Å²) in [6.07, 6.45) is 3.21. The number of nitrogens with zero attached hydrogens (tertiary/aromatic N) is 1. The topological polar surface area (TPSA) is 40.5 Å². The van der Waals surface area contributed by atoms with Crippen LogP contribution in [0.15, 0.2) is 42.5 Å². The summed E-state index contributed by atoms with van der Waals surface area (Å²) < 4.78 is 53.4. The van der Waals surface area contributed by atoms with Crippen molar-refractivity contribution in [2.24, 2.45) is 5.92 Å². The molecule has 0 radical (unpaired) electrons. The maximum Gasteiger partial charge on any atom is 0.308 e. The number of hydrogen-bond donors (Lipinski definition) is 1. The molecule has 2 aromatic rings. The quantitative estimate of drug-likeness (QED) is 0.797. The molecule has 2 atom stereocenters. The van der Waals surface area contributed by atoms with Gasteiger partial charge in [0.25, 0.3) is 0 Å². The van der Waals surface area contributed by atoms with Crippen LogP contribution in [0.25, 0.3) is 6.08 Å². The number of carboxylic acid groups (broad SMARTS) is 1. The van der Waals surface area contributed by atoms with Gasteiger partial charge in [-0.15, -0.1) is 0 Å². The molecule has 1 saturated heterocycles. The third-order valence-corrected chi connectivity index (χ3v) is 4.58. The molecular weight excluding hydrogens is 362 g/mol. The first kappa shape index (κ1) is 19.1. The standard InChI is InChI=1S/C20H17F4NO2/c21-14-4-12(5-15(22)8-14)2-1-3-25-10-18(19(11-25)20(26)27)13-6-16(23)9-17(24)7-13/h1-2,4-9,18-19H,3,10-11H2,(H,26,27)/b2-1+/t18-,19+/m0/s1. The van der Waals surface area contributed by atoms with Crippen LogP contribution < -0.4 is 0 Å². The molecule has 0 aliphatic carbocycles. The summed E-state index contributed by atoms with van der Waals surface area (Å²) in [4.78, 5) is 13.4. The zero-order valence-electron chi connectivity index (χ0n) is 14.2. The Bertz CT molecular complexity index is 844. The summed E-state index contributed by atoms with van der Waals surface area (Å²) >= 11 is 0. The van der Waals surface area contributed by atoms with Gasteiger partial charge in [-0.3, -0.25) is 9.69 Å². The van der Waals surface area contributed by atoms with Crippen molar-refractivity contribution in [2.75, 3.05) is 19.6 Å². The molecule has 1 fully saturated rings. The highest BCUT2D eigenvalue weighted by Crippen LogP contribution is 2.33. The van der Waals surface area contributed by atoms with Crippen molar-refractivity contribution >= 4 is 12.0 Å². The molecule has 3 nitrogen and oxygen atoms in total. The van der Waals surface area contributed by atoms with Crippen molar-refractivity contribution in [3.8, 4) is 0 Å². The Morgan fingerprint density at radius 3 is 2.07 bits per heavy atom. The molecule has 0 spiro atoms. The van der Waals surface area contributed by atoms with Crippen LogP contribution in [-0.4, -0.2) is 35.6 Å². The Kier molecular flexibility index (Phi) is 5.60. The fraction of sp³-hybridized carbons (Fsp3) is 0.250. The molecular formula is C20H17F4NO2. The second-order valence-corrected chi connectivity index (χ2v) is 6.58. The number of aliphatic carboxylic acids is 1. The number of hydrogen-bond acceptors (Lipinski definition) is 2. The highest BCUT2D eigenvalue weighted by Gasteiger charge is 2.38. The zero-order chi connectivity index (χ0) is 19.6. The van der Waals surface area contributed by atoms with Crippen LogP contribution in [0, 0.1) is 29.2 Å².